The predicted molar refractivity (Wildman–Crippen MR) is 89.1 cm³/mol. The molecule has 0 atom stereocenters. The Kier molecular flexibility index (Phi) is 5.20. The van der Waals surface area contributed by atoms with E-state index in [1.165, 1.54) is 21.3 Å². The van der Waals surface area contributed by atoms with Crippen molar-refractivity contribution in [1.82, 2.24) is 4.31 Å². The number of benzene rings is 2. The molecule has 0 aliphatic heterocycles. The topological polar surface area (TPSA) is 49.4 Å². The molecule has 2 aromatic rings. The fourth-order valence-electron chi connectivity index (χ4n) is 2.35. The van der Waals surface area contributed by atoms with E-state index in [4.69, 9.17) is 0 Å². The maximum atomic E-state index is 11.5. The third-order valence-corrected chi connectivity index (χ3v) is 4.86. The lowest BCUT2D eigenvalue weighted by Crippen LogP contribution is -2.31. The molecule has 1 N–H and O–H groups in total. The highest BCUT2D eigenvalue weighted by Crippen LogP contribution is 2.18. The van der Waals surface area contributed by atoms with Crippen molar-refractivity contribution in [2.75, 3.05) is 31.2 Å². The Morgan fingerprint density at radius 1 is 1.10 bits per heavy atom. The minimum absolute atomic E-state index is 0.523. The molecule has 0 fully saturated rings. The molecule has 2 rings (SSSR count). The first-order chi connectivity index (χ1) is 10.0. The van der Waals surface area contributed by atoms with Crippen LogP contribution in [0.25, 0.3) is 10.8 Å². The molecule has 0 heterocycles. The minimum Gasteiger partial charge on any atom is -0.385 e. The second kappa shape index (κ2) is 6.91. The summed E-state index contributed by atoms with van der Waals surface area (Å²) in [6.07, 6.45) is 2.04. The Morgan fingerprint density at radius 3 is 2.48 bits per heavy atom. The van der Waals surface area contributed by atoms with Crippen LogP contribution in [0.5, 0.6) is 0 Å². The van der Waals surface area contributed by atoms with Gasteiger partial charge in [-0.05, 0) is 29.3 Å². The molecule has 0 radical (unpaired) electrons. The van der Waals surface area contributed by atoms with Crippen molar-refractivity contribution < 1.29 is 8.42 Å². The summed E-state index contributed by atoms with van der Waals surface area (Å²) in [5, 5.41) is 5.77. The van der Waals surface area contributed by atoms with Crippen molar-refractivity contribution >= 4 is 26.5 Å². The second-order valence-corrected chi connectivity index (χ2v) is 7.08. The van der Waals surface area contributed by atoms with E-state index >= 15 is 0 Å². The molecule has 0 amide bonds. The number of rotatable bonds is 7. The summed E-state index contributed by atoms with van der Waals surface area (Å²) < 4.78 is 24.5. The van der Waals surface area contributed by atoms with E-state index in [-0.39, 0.29) is 0 Å². The standard InChI is InChI=1S/C16H22N2O2S/c1-3-18(21(2,19)20)12-6-11-17-16-10-9-14-7-4-5-8-15(14)13-16/h4-5,7-10,13,17H,3,6,11-12H2,1-2H3. The largest absolute Gasteiger partial charge is 0.385 e. The van der Waals surface area contributed by atoms with Gasteiger partial charge in [-0.1, -0.05) is 37.3 Å². The monoisotopic (exact) mass is 306 g/mol. The Hall–Kier alpha value is -1.59. The quantitative estimate of drug-likeness (QED) is 0.800. The highest BCUT2D eigenvalue weighted by Gasteiger charge is 2.12. The van der Waals surface area contributed by atoms with Crippen LogP contribution in [0.1, 0.15) is 13.3 Å². The third-order valence-electron chi connectivity index (χ3n) is 3.48. The van der Waals surface area contributed by atoms with Gasteiger partial charge in [-0.15, -0.1) is 0 Å². The van der Waals surface area contributed by atoms with Crippen LogP contribution < -0.4 is 5.32 Å². The van der Waals surface area contributed by atoms with Crippen molar-refractivity contribution in [2.24, 2.45) is 0 Å². The van der Waals surface area contributed by atoms with Crippen molar-refractivity contribution in [3.63, 3.8) is 0 Å². The first-order valence-corrected chi connectivity index (χ1v) is 9.03. The Morgan fingerprint density at radius 2 is 1.81 bits per heavy atom. The normalized spacial score (nSPS) is 12.0. The van der Waals surface area contributed by atoms with Gasteiger partial charge in [0.1, 0.15) is 0 Å². The van der Waals surface area contributed by atoms with Crippen LogP contribution in [-0.4, -0.2) is 38.6 Å². The molecule has 0 unspecified atom stereocenters. The Bertz CT molecular complexity index is 698. The smallest absolute Gasteiger partial charge is 0.211 e. The summed E-state index contributed by atoms with van der Waals surface area (Å²) in [5.74, 6) is 0. The number of anilines is 1. The Labute approximate surface area is 126 Å². The number of hydrogen-bond acceptors (Lipinski definition) is 3. The predicted octanol–water partition coefficient (Wildman–Crippen LogP) is 2.92. The lowest BCUT2D eigenvalue weighted by molar-refractivity contribution is 0.429. The average molecular weight is 306 g/mol. The van der Waals surface area contributed by atoms with Crippen molar-refractivity contribution in [2.45, 2.75) is 13.3 Å². The molecule has 0 bridgehead atoms. The van der Waals surface area contributed by atoms with Gasteiger partial charge in [-0.2, -0.15) is 0 Å². The van der Waals surface area contributed by atoms with E-state index in [1.54, 1.807) is 0 Å². The molecule has 0 saturated carbocycles. The number of fused-ring (bicyclic) bond motifs is 1. The fourth-order valence-corrected chi connectivity index (χ4v) is 3.28. The van der Waals surface area contributed by atoms with Gasteiger partial charge in [-0.25, -0.2) is 12.7 Å². The van der Waals surface area contributed by atoms with Gasteiger partial charge in [-0.3, -0.25) is 0 Å². The number of nitrogens with one attached hydrogen (secondary N) is 1. The first-order valence-electron chi connectivity index (χ1n) is 7.18. The molecule has 2 aromatic carbocycles. The number of sulfonamides is 1. The second-order valence-electron chi connectivity index (χ2n) is 5.10. The first kappa shape index (κ1) is 15.8. The van der Waals surface area contributed by atoms with E-state index in [2.05, 4.69) is 35.6 Å². The molecule has 0 aliphatic carbocycles. The van der Waals surface area contributed by atoms with Gasteiger partial charge in [0.25, 0.3) is 0 Å². The molecule has 0 spiro atoms. The summed E-state index contributed by atoms with van der Waals surface area (Å²) in [6.45, 7) is 3.69. The maximum Gasteiger partial charge on any atom is 0.211 e. The van der Waals surface area contributed by atoms with Crippen LogP contribution in [0.2, 0.25) is 0 Å². The maximum absolute atomic E-state index is 11.5. The van der Waals surface area contributed by atoms with Crippen LogP contribution in [0.4, 0.5) is 5.69 Å². The molecular weight excluding hydrogens is 284 g/mol. The zero-order chi connectivity index (χ0) is 15.3. The molecule has 0 aromatic heterocycles. The SMILES string of the molecule is CCN(CCCNc1ccc2ccccc2c1)S(C)(=O)=O. The molecule has 21 heavy (non-hydrogen) atoms. The van der Waals surface area contributed by atoms with Crippen molar-refractivity contribution in [3.05, 3.63) is 42.5 Å². The summed E-state index contributed by atoms with van der Waals surface area (Å²) in [6, 6.07) is 14.5. The zero-order valence-corrected chi connectivity index (χ0v) is 13.4. The summed E-state index contributed by atoms with van der Waals surface area (Å²) in [7, 11) is -3.08. The van der Waals surface area contributed by atoms with E-state index < -0.39 is 10.0 Å². The summed E-state index contributed by atoms with van der Waals surface area (Å²) in [4.78, 5) is 0. The molecule has 114 valence electrons. The Balaban J connectivity index is 1.87. The molecule has 0 saturated heterocycles. The zero-order valence-electron chi connectivity index (χ0n) is 12.5. The lowest BCUT2D eigenvalue weighted by Gasteiger charge is -2.17. The van der Waals surface area contributed by atoms with Crippen LogP contribution in [0, 0.1) is 0 Å². The fraction of sp³-hybridized carbons (Fsp3) is 0.375. The van der Waals surface area contributed by atoms with Gasteiger partial charge < -0.3 is 5.32 Å². The lowest BCUT2D eigenvalue weighted by atomic mass is 10.1. The number of nitrogens with zero attached hydrogens (tertiary/aromatic N) is 1. The summed E-state index contributed by atoms with van der Waals surface area (Å²) >= 11 is 0. The van der Waals surface area contributed by atoms with Gasteiger partial charge in [0.15, 0.2) is 0 Å². The van der Waals surface area contributed by atoms with Crippen LogP contribution in [-0.2, 0) is 10.0 Å². The van der Waals surface area contributed by atoms with E-state index in [0.29, 0.717) is 13.1 Å². The van der Waals surface area contributed by atoms with Gasteiger partial charge in [0, 0.05) is 25.3 Å². The van der Waals surface area contributed by atoms with E-state index in [0.717, 1.165) is 18.7 Å². The minimum atomic E-state index is -3.08. The highest BCUT2D eigenvalue weighted by atomic mass is 32.2. The third kappa shape index (κ3) is 4.44. The van der Waals surface area contributed by atoms with Crippen LogP contribution in [0.3, 0.4) is 0 Å². The average Bonchev–Trinajstić information content (AvgIpc) is 2.45. The van der Waals surface area contributed by atoms with Gasteiger partial charge in [0.2, 0.25) is 10.0 Å². The summed E-state index contributed by atoms with van der Waals surface area (Å²) in [5.41, 5.74) is 1.07. The highest BCUT2D eigenvalue weighted by molar-refractivity contribution is 7.88. The van der Waals surface area contributed by atoms with Crippen molar-refractivity contribution in [1.29, 1.82) is 0 Å². The van der Waals surface area contributed by atoms with E-state index in [1.807, 2.05) is 19.1 Å². The van der Waals surface area contributed by atoms with Gasteiger partial charge >= 0.3 is 0 Å². The van der Waals surface area contributed by atoms with Crippen LogP contribution in [0.15, 0.2) is 42.5 Å². The molecule has 0 aliphatic rings. The number of hydrogen-bond donors (Lipinski definition) is 1. The van der Waals surface area contributed by atoms with Gasteiger partial charge in [0.05, 0.1) is 6.26 Å². The molecule has 5 heteroatoms. The van der Waals surface area contributed by atoms with Crippen molar-refractivity contribution in [3.8, 4) is 0 Å². The molecule has 4 nitrogen and oxygen atoms in total. The van der Waals surface area contributed by atoms with Crippen LogP contribution >= 0.6 is 0 Å². The molecular formula is C16H22N2O2S. The van der Waals surface area contributed by atoms with E-state index in [9.17, 15) is 8.42 Å².